The van der Waals surface area contributed by atoms with Gasteiger partial charge in [-0.2, -0.15) is 0 Å². The first-order chi connectivity index (χ1) is 12.8. The molecule has 2 rings (SSSR count). The Hall–Kier alpha value is -2.70. The summed E-state index contributed by atoms with van der Waals surface area (Å²) in [5.74, 6) is -1.05. The van der Waals surface area contributed by atoms with Gasteiger partial charge in [-0.15, -0.1) is 0 Å². The van der Waals surface area contributed by atoms with Crippen LogP contribution < -0.4 is 0 Å². The number of rotatable bonds is 9. The summed E-state index contributed by atoms with van der Waals surface area (Å²) in [4.78, 5) is 51.6. The minimum absolute atomic E-state index is 0.0270. The van der Waals surface area contributed by atoms with Gasteiger partial charge in [0.05, 0.1) is 24.2 Å². The number of ether oxygens (including phenoxy) is 1. The van der Waals surface area contributed by atoms with E-state index in [0.29, 0.717) is 24.3 Å². The van der Waals surface area contributed by atoms with Crippen LogP contribution in [0.4, 0.5) is 0 Å². The summed E-state index contributed by atoms with van der Waals surface area (Å²) in [5, 5.41) is 0. The van der Waals surface area contributed by atoms with E-state index < -0.39 is 0 Å². The second kappa shape index (κ2) is 9.30. The third kappa shape index (κ3) is 5.15. The highest BCUT2D eigenvalue weighted by Crippen LogP contribution is 2.22. The highest BCUT2D eigenvalue weighted by molar-refractivity contribution is 6.21. The lowest BCUT2D eigenvalue weighted by molar-refractivity contribution is -0.144. The lowest BCUT2D eigenvalue weighted by atomic mass is 10.1. The summed E-state index contributed by atoms with van der Waals surface area (Å²) in [6, 6.07) is 6.64. The number of nitrogens with zero attached hydrogens (tertiary/aromatic N) is 2. The summed E-state index contributed by atoms with van der Waals surface area (Å²) in [5.41, 5.74) is 0.743. The van der Waals surface area contributed by atoms with Gasteiger partial charge in [0.15, 0.2) is 0 Å². The lowest BCUT2D eigenvalue weighted by Gasteiger charge is -2.25. The molecule has 7 heteroatoms. The Bertz CT molecular complexity index is 694. The van der Waals surface area contributed by atoms with Crippen molar-refractivity contribution >= 4 is 23.7 Å². The number of esters is 1. The average Bonchev–Trinajstić information content (AvgIpc) is 2.87. The van der Waals surface area contributed by atoms with Gasteiger partial charge in [-0.3, -0.25) is 24.1 Å². The SMILES string of the molecule is CCOC(=O)CCN(CC(C)C)C(=O)CCN1C(=O)c2ccccc2C1=O. The van der Waals surface area contributed by atoms with Crippen molar-refractivity contribution in [2.24, 2.45) is 5.92 Å². The maximum Gasteiger partial charge on any atom is 0.307 e. The van der Waals surface area contributed by atoms with E-state index in [9.17, 15) is 19.2 Å². The van der Waals surface area contributed by atoms with E-state index in [2.05, 4.69) is 0 Å². The maximum absolute atomic E-state index is 12.6. The molecule has 0 radical (unpaired) electrons. The molecule has 1 aliphatic rings. The second-order valence-electron chi connectivity index (χ2n) is 6.85. The first-order valence-electron chi connectivity index (χ1n) is 9.23. The summed E-state index contributed by atoms with van der Waals surface area (Å²) >= 11 is 0. The number of fused-ring (bicyclic) bond motifs is 1. The molecule has 0 N–H and O–H groups in total. The van der Waals surface area contributed by atoms with E-state index in [1.54, 1.807) is 36.1 Å². The summed E-state index contributed by atoms with van der Waals surface area (Å²) < 4.78 is 4.91. The van der Waals surface area contributed by atoms with Crippen LogP contribution in [-0.4, -0.2) is 59.7 Å². The van der Waals surface area contributed by atoms with Gasteiger partial charge in [-0.1, -0.05) is 26.0 Å². The minimum atomic E-state index is -0.370. The van der Waals surface area contributed by atoms with Crippen LogP contribution in [0.2, 0.25) is 0 Å². The van der Waals surface area contributed by atoms with Crippen molar-refractivity contribution in [3.63, 3.8) is 0 Å². The van der Waals surface area contributed by atoms with E-state index in [1.807, 2.05) is 13.8 Å². The smallest absolute Gasteiger partial charge is 0.307 e. The first kappa shape index (κ1) is 20.6. The fraction of sp³-hybridized carbons (Fsp3) is 0.500. The van der Waals surface area contributed by atoms with Gasteiger partial charge >= 0.3 is 5.97 Å². The number of carbonyl (C=O) groups is 4. The highest BCUT2D eigenvalue weighted by atomic mass is 16.5. The molecule has 1 aliphatic heterocycles. The van der Waals surface area contributed by atoms with Gasteiger partial charge in [-0.05, 0) is 25.0 Å². The molecule has 7 nitrogen and oxygen atoms in total. The second-order valence-corrected chi connectivity index (χ2v) is 6.85. The first-order valence-corrected chi connectivity index (χ1v) is 9.23. The number of hydrogen-bond acceptors (Lipinski definition) is 5. The van der Waals surface area contributed by atoms with Gasteiger partial charge in [-0.25, -0.2) is 0 Å². The molecule has 0 bridgehead atoms. The van der Waals surface area contributed by atoms with Crippen molar-refractivity contribution in [1.82, 2.24) is 9.80 Å². The normalized spacial score (nSPS) is 13.1. The topological polar surface area (TPSA) is 84.0 Å². The van der Waals surface area contributed by atoms with Crippen molar-refractivity contribution in [2.75, 3.05) is 26.2 Å². The Morgan fingerprint density at radius 1 is 1.07 bits per heavy atom. The molecule has 1 aromatic carbocycles. The third-order valence-electron chi connectivity index (χ3n) is 4.26. The molecule has 1 heterocycles. The molecular formula is C20H26N2O5. The molecule has 0 spiro atoms. The van der Waals surface area contributed by atoms with Crippen molar-refractivity contribution in [2.45, 2.75) is 33.6 Å². The molecule has 0 atom stereocenters. The molecular weight excluding hydrogens is 348 g/mol. The van der Waals surface area contributed by atoms with Gasteiger partial charge in [0, 0.05) is 26.1 Å². The molecule has 1 aromatic rings. The number of hydrogen-bond donors (Lipinski definition) is 0. The Morgan fingerprint density at radius 3 is 2.19 bits per heavy atom. The van der Waals surface area contributed by atoms with Crippen LogP contribution in [0.15, 0.2) is 24.3 Å². The van der Waals surface area contributed by atoms with E-state index in [-0.39, 0.29) is 55.5 Å². The van der Waals surface area contributed by atoms with Gasteiger partial charge in [0.25, 0.3) is 11.8 Å². The summed E-state index contributed by atoms with van der Waals surface area (Å²) in [7, 11) is 0. The monoisotopic (exact) mass is 374 g/mol. The number of carbonyl (C=O) groups excluding carboxylic acids is 4. The maximum atomic E-state index is 12.6. The van der Waals surface area contributed by atoms with Crippen molar-refractivity contribution in [1.29, 1.82) is 0 Å². The molecule has 0 fully saturated rings. The summed E-state index contributed by atoms with van der Waals surface area (Å²) in [6.45, 7) is 6.79. The fourth-order valence-corrected chi connectivity index (χ4v) is 3.03. The van der Waals surface area contributed by atoms with Crippen LogP contribution in [0.25, 0.3) is 0 Å². The Morgan fingerprint density at radius 2 is 1.67 bits per heavy atom. The van der Waals surface area contributed by atoms with Crippen molar-refractivity contribution < 1.29 is 23.9 Å². The number of amides is 3. The number of imide groups is 1. The zero-order valence-corrected chi connectivity index (χ0v) is 16.1. The predicted molar refractivity (Wildman–Crippen MR) is 99.1 cm³/mol. The largest absolute Gasteiger partial charge is 0.466 e. The predicted octanol–water partition coefficient (Wildman–Crippen LogP) is 2.11. The van der Waals surface area contributed by atoms with Crippen LogP contribution in [0.3, 0.4) is 0 Å². The van der Waals surface area contributed by atoms with Crippen LogP contribution in [-0.2, 0) is 14.3 Å². The standard InChI is InChI=1S/C20H26N2O5/c1-4-27-18(24)10-11-21(13-14(2)3)17(23)9-12-22-19(25)15-7-5-6-8-16(15)20(22)26/h5-8,14H,4,9-13H2,1-3H3. The van der Waals surface area contributed by atoms with Crippen LogP contribution >= 0.6 is 0 Å². The van der Waals surface area contributed by atoms with E-state index in [4.69, 9.17) is 4.74 Å². The Kier molecular flexibility index (Phi) is 7.10. The molecule has 0 aliphatic carbocycles. The Balaban J connectivity index is 1.96. The third-order valence-corrected chi connectivity index (χ3v) is 4.26. The zero-order valence-electron chi connectivity index (χ0n) is 16.1. The molecule has 27 heavy (non-hydrogen) atoms. The molecule has 0 saturated heterocycles. The van der Waals surface area contributed by atoms with Crippen LogP contribution in [0.1, 0.15) is 54.3 Å². The highest BCUT2D eigenvalue weighted by Gasteiger charge is 2.35. The molecule has 0 unspecified atom stereocenters. The van der Waals surface area contributed by atoms with Crippen LogP contribution in [0.5, 0.6) is 0 Å². The summed E-state index contributed by atoms with van der Waals surface area (Å²) in [6.07, 6.45) is 0.153. The molecule has 146 valence electrons. The van der Waals surface area contributed by atoms with Gasteiger partial charge < -0.3 is 9.64 Å². The van der Waals surface area contributed by atoms with Crippen LogP contribution in [0, 0.1) is 5.92 Å². The van der Waals surface area contributed by atoms with Crippen molar-refractivity contribution in [3.05, 3.63) is 35.4 Å². The fourth-order valence-electron chi connectivity index (χ4n) is 3.03. The molecule has 0 aromatic heterocycles. The van der Waals surface area contributed by atoms with Gasteiger partial charge in [0.1, 0.15) is 0 Å². The molecule has 0 saturated carbocycles. The quantitative estimate of drug-likeness (QED) is 0.488. The average molecular weight is 374 g/mol. The number of benzene rings is 1. The van der Waals surface area contributed by atoms with Gasteiger partial charge in [0.2, 0.25) is 5.91 Å². The zero-order chi connectivity index (χ0) is 20.0. The van der Waals surface area contributed by atoms with E-state index in [1.165, 1.54) is 0 Å². The lowest BCUT2D eigenvalue weighted by Crippen LogP contribution is -2.39. The van der Waals surface area contributed by atoms with E-state index in [0.717, 1.165) is 4.90 Å². The minimum Gasteiger partial charge on any atom is -0.466 e. The molecule has 3 amide bonds. The van der Waals surface area contributed by atoms with Crippen molar-refractivity contribution in [3.8, 4) is 0 Å². The van der Waals surface area contributed by atoms with E-state index >= 15 is 0 Å². The Labute approximate surface area is 159 Å².